The molecule has 0 spiro atoms. The normalized spacial score (nSPS) is 10.7. The topological polar surface area (TPSA) is 43.1 Å². The van der Waals surface area contributed by atoms with E-state index in [9.17, 15) is 23.1 Å². The van der Waals surface area contributed by atoms with Crippen LogP contribution in [0.5, 0.6) is 0 Å². The van der Waals surface area contributed by atoms with Crippen molar-refractivity contribution < 1.29 is 69.3 Å². The molecule has 0 bridgehead atoms. The van der Waals surface area contributed by atoms with Crippen LogP contribution in [0.3, 0.4) is 0 Å². The fourth-order valence-electron chi connectivity index (χ4n) is 0.855. The first-order chi connectivity index (χ1) is 6.88. The maximum atomic E-state index is 11.9. The Kier molecular flexibility index (Phi) is 7.22. The number of hydrogen-bond donors (Lipinski definition) is 0. The van der Waals surface area contributed by atoms with Gasteiger partial charge in [0.05, 0.1) is 4.92 Å². The van der Waals surface area contributed by atoms with Crippen LogP contribution in [0, 0.1) is 10.1 Å². The van der Waals surface area contributed by atoms with E-state index in [1.165, 1.54) is 24.3 Å². The van der Waals surface area contributed by atoms with E-state index in [-0.39, 0.29) is 57.1 Å². The quantitative estimate of drug-likeness (QED) is 0.338. The number of nitrogens with zero attached hydrogens (tertiary/aromatic N) is 1. The minimum absolute atomic E-state index is 0. The van der Waals surface area contributed by atoms with Gasteiger partial charge in [-0.2, -0.15) is 11.8 Å². The van der Waals surface area contributed by atoms with Crippen molar-refractivity contribution in [1.29, 1.82) is 0 Å². The van der Waals surface area contributed by atoms with Crippen LogP contribution in [-0.4, -0.2) is 17.6 Å². The zero-order valence-electron chi connectivity index (χ0n) is 8.40. The fraction of sp³-hybridized carbons (Fsp3) is 0.143. The first-order valence-corrected chi connectivity index (χ1v) is 4.95. The number of thioether (sulfide) groups is 1. The number of rotatable bonds is 4. The van der Waals surface area contributed by atoms with Gasteiger partial charge < -0.3 is 12.9 Å². The molecule has 1 aromatic rings. The number of nitro groups is 1. The third-order valence-corrected chi connectivity index (χ3v) is 2.64. The van der Waals surface area contributed by atoms with Crippen LogP contribution in [0.15, 0.2) is 29.2 Å². The van der Waals surface area contributed by atoms with Gasteiger partial charge in [0.25, 0.3) is 5.69 Å². The molecule has 0 atom stereocenters. The number of non-ortho nitro benzene ring substituents is 1. The van der Waals surface area contributed by atoms with E-state index in [1.807, 2.05) is 0 Å². The van der Waals surface area contributed by atoms with E-state index in [1.54, 1.807) is 0 Å². The fourth-order valence-corrected chi connectivity index (χ4v) is 1.56. The van der Waals surface area contributed by atoms with Crippen LogP contribution in [0.4, 0.5) is 18.6 Å². The summed E-state index contributed by atoms with van der Waals surface area (Å²) < 4.78 is 35.6. The van der Waals surface area contributed by atoms with Crippen LogP contribution < -0.4 is 51.4 Å². The molecule has 0 aromatic heterocycles. The molecule has 1 aromatic carbocycles. The van der Waals surface area contributed by atoms with Gasteiger partial charge in [-0.05, 0) is 17.8 Å². The van der Waals surface area contributed by atoms with Crippen molar-refractivity contribution in [3.63, 3.8) is 0 Å². The second-order valence-electron chi connectivity index (χ2n) is 2.77. The monoisotopic (exact) mass is 275 g/mol. The maximum Gasteiger partial charge on any atom is 1.00 e. The SMILES string of the molecule is O=[N+]([O-])c1ccc(SC[B-](F)(F)F)cc1.[K+]. The average molecular weight is 275 g/mol. The predicted octanol–water partition coefficient (Wildman–Crippen LogP) is 0.0775. The zero-order valence-corrected chi connectivity index (χ0v) is 12.3. The summed E-state index contributed by atoms with van der Waals surface area (Å²) in [5, 5.41) is 10.3. The Morgan fingerprint density at radius 2 is 1.75 bits per heavy atom. The van der Waals surface area contributed by atoms with Gasteiger partial charge in [0, 0.05) is 17.0 Å². The number of nitro benzene ring substituents is 1. The average Bonchev–Trinajstić information content (AvgIpc) is 2.14. The van der Waals surface area contributed by atoms with Crippen LogP contribution in [-0.2, 0) is 0 Å². The van der Waals surface area contributed by atoms with Crippen molar-refractivity contribution in [2.24, 2.45) is 0 Å². The molecule has 0 aliphatic heterocycles. The van der Waals surface area contributed by atoms with Gasteiger partial charge in [0.15, 0.2) is 0 Å². The Balaban J connectivity index is 0.00000225. The molecule has 0 saturated heterocycles. The van der Waals surface area contributed by atoms with Gasteiger partial charge in [-0.3, -0.25) is 10.1 Å². The van der Waals surface area contributed by atoms with E-state index in [2.05, 4.69) is 0 Å². The molecule has 3 nitrogen and oxygen atoms in total. The van der Waals surface area contributed by atoms with Crippen molar-refractivity contribution in [3.8, 4) is 0 Å². The Labute approximate surface area is 137 Å². The minimum atomic E-state index is -4.82. The molecule has 1 rings (SSSR count). The van der Waals surface area contributed by atoms with Gasteiger partial charge >= 0.3 is 58.4 Å². The summed E-state index contributed by atoms with van der Waals surface area (Å²) in [7, 11) is 0. The summed E-state index contributed by atoms with van der Waals surface area (Å²) in [4.78, 5) is 10.0. The molecule has 0 radical (unpaired) electrons. The Morgan fingerprint density at radius 1 is 1.25 bits per heavy atom. The van der Waals surface area contributed by atoms with Crippen molar-refractivity contribution in [2.45, 2.75) is 4.90 Å². The second kappa shape index (κ2) is 7.02. The van der Waals surface area contributed by atoms with Crippen molar-refractivity contribution in [1.82, 2.24) is 0 Å². The molecule has 0 heterocycles. The molecule has 16 heavy (non-hydrogen) atoms. The molecule has 0 saturated carbocycles. The molecular formula is C7H6BF3KNO2S. The minimum Gasteiger partial charge on any atom is -0.448 e. The Bertz CT molecular complexity index is 360. The van der Waals surface area contributed by atoms with E-state index in [0.717, 1.165) is 0 Å². The first-order valence-electron chi connectivity index (χ1n) is 3.97. The zero-order chi connectivity index (χ0) is 11.5. The van der Waals surface area contributed by atoms with Gasteiger partial charge in [0.2, 0.25) is 0 Å². The maximum absolute atomic E-state index is 11.9. The summed E-state index contributed by atoms with van der Waals surface area (Å²) in [5.41, 5.74) is -1.06. The molecule has 0 aliphatic carbocycles. The van der Waals surface area contributed by atoms with Crippen LogP contribution in [0.2, 0.25) is 0 Å². The summed E-state index contributed by atoms with van der Waals surface area (Å²) >= 11 is 0.628. The van der Waals surface area contributed by atoms with Crippen LogP contribution in [0.25, 0.3) is 0 Å². The van der Waals surface area contributed by atoms with Gasteiger partial charge in [-0.25, -0.2) is 0 Å². The smallest absolute Gasteiger partial charge is 0.448 e. The molecule has 82 valence electrons. The van der Waals surface area contributed by atoms with E-state index in [4.69, 9.17) is 0 Å². The first kappa shape index (κ1) is 16.5. The standard InChI is InChI=1S/C7H6BF3NO2S.K/c9-8(10,11)5-15-7-3-1-6(2-4-7)12(13)14;/h1-4H,5H2;/q-1;+1. The molecule has 9 heteroatoms. The molecule has 0 fully saturated rings. The Morgan fingerprint density at radius 3 is 2.12 bits per heavy atom. The van der Waals surface area contributed by atoms with E-state index >= 15 is 0 Å². The second-order valence-corrected chi connectivity index (χ2v) is 3.87. The van der Waals surface area contributed by atoms with Gasteiger partial charge in [-0.1, -0.05) is 0 Å². The van der Waals surface area contributed by atoms with Gasteiger partial charge in [0.1, 0.15) is 0 Å². The molecule has 0 unspecified atom stereocenters. The predicted molar refractivity (Wildman–Crippen MR) is 52.9 cm³/mol. The largest absolute Gasteiger partial charge is 1.00 e. The summed E-state index contributed by atoms with van der Waals surface area (Å²) in [6.45, 7) is -4.82. The Hall–Kier alpha value is 0.461. The number of halogens is 3. The van der Waals surface area contributed by atoms with Crippen molar-refractivity contribution in [3.05, 3.63) is 34.4 Å². The summed E-state index contributed by atoms with van der Waals surface area (Å²) in [6, 6.07) is 4.99. The van der Waals surface area contributed by atoms with Crippen LogP contribution >= 0.6 is 11.8 Å². The van der Waals surface area contributed by atoms with Gasteiger partial charge in [-0.15, -0.1) is 0 Å². The number of benzene rings is 1. The van der Waals surface area contributed by atoms with Crippen LogP contribution in [0.1, 0.15) is 0 Å². The summed E-state index contributed by atoms with van der Waals surface area (Å²) in [5.74, 6) is 0. The molecule has 0 amide bonds. The van der Waals surface area contributed by atoms with E-state index in [0.29, 0.717) is 16.7 Å². The molecule has 0 aliphatic rings. The third kappa shape index (κ3) is 6.26. The summed E-state index contributed by atoms with van der Waals surface area (Å²) in [6.07, 6.45) is 0. The third-order valence-electron chi connectivity index (χ3n) is 1.49. The van der Waals surface area contributed by atoms with Crippen molar-refractivity contribution >= 4 is 24.4 Å². The van der Waals surface area contributed by atoms with Crippen molar-refractivity contribution in [2.75, 3.05) is 5.65 Å². The number of hydrogen-bond acceptors (Lipinski definition) is 3. The van der Waals surface area contributed by atoms with E-state index < -0.39 is 17.6 Å². The molecular weight excluding hydrogens is 269 g/mol. The molecule has 0 N–H and O–H groups in total.